The van der Waals surface area contributed by atoms with Gasteiger partial charge in [0.1, 0.15) is 5.82 Å². The van der Waals surface area contributed by atoms with Gasteiger partial charge in [-0.2, -0.15) is 0 Å². The Morgan fingerprint density at radius 3 is 2.78 bits per heavy atom. The van der Waals surface area contributed by atoms with E-state index in [0.29, 0.717) is 5.69 Å². The standard InChI is InChI=1S/C19H18FN3O3S/c1-23(11-17(24)21-13-6-4-5-12(20)9-13)18(25)10-16-19(26)22-14-7-2-3-8-15(14)27-16/h2-9,16H,10-11H2,1H3,(H,21,24)(H,22,26)/t16-/m0/s1. The fourth-order valence-corrected chi connectivity index (χ4v) is 3.71. The Hall–Kier alpha value is -2.87. The summed E-state index contributed by atoms with van der Waals surface area (Å²) in [5.41, 5.74) is 1.05. The summed E-state index contributed by atoms with van der Waals surface area (Å²) in [5, 5.41) is 4.77. The monoisotopic (exact) mass is 387 g/mol. The maximum absolute atomic E-state index is 13.2. The van der Waals surface area contributed by atoms with E-state index in [1.807, 2.05) is 18.2 Å². The molecule has 2 N–H and O–H groups in total. The lowest BCUT2D eigenvalue weighted by Crippen LogP contribution is -2.39. The molecule has 1 aliphatic heterocycles. The Bertz CT molecular complexity index is 890. The van der Waals surface area contributed by atoms with Crippen LogP contribution < -0.4 is 10.6 Å². The van der Waals surface area contributed by atoms with Gasteiger partial charge in [0.15, 0.2) is 0 Å². The highest BCUT2D eigenvalue weighted by Crippen LogP contribution is 2.36. The van der Waals surface area contributed by atoms with Gasteiger partial charge in [0.25, 0.3) is 0 Å². The van der Waals surface area contributed by atoms with Gasteiger partial charge < -0.3 is 15.5 Å². The predicted molar refractivity (Wildman–Crippen MR) is 102 cm³/mol. The molecule has 0 aromatic heterocycles. The fourth-order valence-electron chi connectivity index (χ4n) is 2.61. The van der Waals surface area contributed by atoms with Crippen LogP contribution in [0.2, 0.25) is 0 Å². The molecule has 0 radical (unpaired) electrons. The molecule has 27 heavy (non-hydrogen) atoms. The molecule has 2 aromatic carbocycles. The smallest absolute Gasteiger partial charge is 0.243 e. The molecule has 0 spiro atoms. The zero-order chi connectivity index (χ0) is 19.4. The number of anilines is 2. The third-order valence-electron chi connectivity index (χ3n) is 3.98. The molecule has 140 valence electrons. The zero-order valence-corrected chi connectivity index (χ0v) is 15.4. The number of thioether (sulfide) groups is 1. The molecule has 6 nitrogen and oxygen atoms in total. The Labute approximate surface area is 160 Å². The number of amides is 3. The normalized spacial score (nSPS) is 15.5. The van der Waals surface area contributed by atoms with Crippen LogP contribution in [0.1, 0.15) is 6.42 Å². The fraction of sp³-hybridized carbons (Fsp3) is 0.211. The second kappa shape index (κ2) is 8.22. The van der Waals surface area contributed by atoms with Crippen molar-refractivity contribution in [2.75, 3.05) is 24.2 Å². The highest BCUT2D eigenvalue weighted by molar-refractivity contribution is 8.01. The summed E-state index contributed by atoms with van der Waals surface area (Å²) in [7, 11) is 1.49. The molecular formula is C19H18FN3O3S. The first-order chi connectivity index (χ1) is 12.9. The highest BCUT2D eigenvalue weighted by Gasteiger charge is 2.30. The van der Waals surface area contributed by atoms with Gasteiger partial charge in [0.05, 0.1) is 17.5 Å². The Morgan fingerprint density at radius 1 is 1.22 bits per heavy atom. The van der Waals surface area contributed by atoms with Crippen molar-refractivity contribution >= 4 is 40.9 Å². The van der Waals surface area contributed by atoms with Crippen molar-refractivity contribution in [1.29, 1.82) is 0 Å². The van der Waals surface area contributed by atoms with Crippen LogP contribution in [0, 0.1) is 5.82 Å². The number of rotatable bonds is 5. The molecule has 8 heteroatoms. The average Bonchev–Trinajstić information content (AvgIpc) is 2.62. The van der Waals surface area contributed by atoms with E-state index < -0.39 is 17.0 Å². The molecule has 2 aromatic rings. The number of hydrogen-bond donors (Lipinski definition) is 2. The van der Waals surface area contributed by atoms with E-state index in [9.17, 15) is 18.8 Å². The molecule has 0 fully saturated rings. The first-order valence-electron chi connectivity index (χ1n) is 8.28. The molecule has 0 saturated carbocycles. The molecular weight excluding hydrogens is 369 g/mol. The minimum absolute atomic E-state index is 0.0193. The molecule has 3 amide bonds. The number of carbonyl (C=O) groups is 3. The molecule has 3 rings (SSSR count). The van der Waals surface area contributed by atoms with Crippen LogP contribution in [0.15, 0.2) is 53.4 Å². The van der Waals surface area contributed by atoms with Crippen LogP contribution in [0.4, 0.5) is 15.8 Å². The largest absolute Gasteiger partial charge is 0.336 e. The Balaban J connectivity index is 1.54. The van der Waals surface area contributed by atoms with E-state index in [0.717, 1.165) is 10.6 Å². The molecule has 0 unspecified atom stereocenters. The summed E-state index contributed by atoms with van der Waals surface area (Å²) in [4.78, 5) is 38.8. The van der Waals surface area contributed by atoms with Crippen LogP contribution in [-0.4, -0.2) is 41.5 Å². The van der Waals surface area contributed by atoms with Gasteiger partial charge in [0, 0.05) is 24.1 Å². The summed E-state index contributed by atoms with van der Waals surface area (Å²) in [5.74, 6) is -1.46. The van der Waals surface area contributed by atoms with Crippen molar-refractivity contribution in [2.24, 2.45) is 0 Å². The number of para-hydroxylation sites is 1. The lowest BCUT2D eigenvalue weighted by Gasteiger charge is -2.25. The number of fused-ring (bicyclic) bond motifs is 1. The van der Waals surface area contributed by atoms with Gasteiger partial charge in [0.2, 0.25) is 17.7 Å². The van der Waals surface area contributed by atoms with Gasteiger partial charge in [-0.15, -0.1) is 11.8 Å². The minimum atomic E-state index is -0.555. The summed E-state index contributed by atoms with van der Waals surface area (Å²) in [6, 6.07) is 12.9. The lowest BCUT2D eigenvalue weighted by molar-refractivity contribution is -0.134. The lowest BCUT2D eigenvalue weighted by atomic mass is 10.2. The van der Waals surface area contributed by atoms with Crippen LogP contribution >= 0.6 is 11.8 Å². The van der Waals surface area contributed by atoms with Gasteiger partial charge in [-0.05, 0) is 30.3 Å². The van der Waals surface area contributed by atoms with Crippen LogP contribution in [0.3, 0.4) is 0 Å². The predicted octanol–water partition coefficient (Wildman–Crippen LogP) is 2.73. The van der Waals surface area contributed by atoms with E-state index in [2.05, 4.69) is 10.6 Å². The molecule has 0 bridgehead atoms. The number of halogens is 1. The number of carbonyl (C=O) groups excluding carboxylic acids is 3. The molecule has 0 saturated heterocycles. The number of nitrogens with zero attached hydrogens (tertiary/aromatic N) is 1. The molecule has 1 heterocycles. The second-order valence-corrected chi connectivity index (χ2v) is 7.35. The van der Waals surface area contributed by atoms with Crippen LogP contribution in [0.5, 0.6) is 0 Å². The maximum Gasteiger partial charge on any atom is 0.243 e. The van der Waals surface area contributed by atoms with Gasteiger partial charge >= 0.3 is 0 Å². The van der Waals surface area contributed by atoms with Crippen LogP contribution in [0.25, 0.3) is 0 Å². The minimum Gasteiger partial charge on any atom is -0.336 e. The quantitative estimate of drug-likeness (QED) is 0.827. The van der Waals surface area contributed by atoms with Crippen molar-refractivity contribution in [3.05, 3.63) is 54.3 Å². The van der Waals surface area contributed by atoms with E-state index in [-0.39, 0.29) is 24.8 Å². The number of likely N-dealkylation sites (N-methyl/N-ethyl adjacent to an activating group) is 1. The SMILES string of the molecule is CN(CC(=O)Nc1cccc(F)c1)C(=O)C[C@@H]1Sc2ccccc2NC1=O. The summed E-state index contributed by atoms with van der Waals surface area (Å²) >= 11 is 1.33. The van der Waals surface area contributed by atoms with Gasteiger partial charge in [-0.25, -0.2) is 4.39 Å². The summed E-state index contributed by atoms with van der Waals surface area (Å²) < 4.78 is 13.2. The van der Waals surface area contributed by atoms with E-state index in [1.165, 1.54) is 41.9 Å². The second-order valence-electron chi connectivity index (χ2n) is 6.10. The van der Waals surface area contributed by atoms with E-state index in [1.54, 1.807) is 12.1 Å². The van der Waals surface area contributed by atoms with Crippen molar-refractivity contribution in [1.82, 2.24) is 4.90 Å². The van der Waals surface area contributed by atoms with Gasteiger partial charge in [-0.1, -0.05) is 18.2 Å². The van der Waals surface area contributed by atoms with E-state index >= 15 is 0 Å². The number of benzene rings is 2. The Morgan fingerprint density at radius 2 is 2.00 bits per heavy atom. The van der Waals surface area contributed by atoms with E-state index in [4.69, 9.17) is 0 Å². The van der Waals surface area contributed by atoms with Gasteiger partial charge in [-0.3, -0.25) is 14.4 Å². The number of hydrogen-bond acceptors (Lipinski definition) is 4. The first kappa shape index (κ1) is 18.9. The summed E-state index contributed by atoms with van der Waals surface area (Å²) in [6.45, 7) is -0.190. The van der Waals surface area contributed by atoms with Crippen LogP contribution in [-0.2, 0) is 14.4 Å². The number of nitrogens with one attached hydrogen (secondary N) is 2. The highest BCUT2D eigenvalue weighted by atomic mass is 32.2. The third kappa shape index (κ3) is 4.85. The molecule has 0 aliphatic carbocycles. The van der Waals surface area contributed by atoms with Crippen molar-refractivity contribution in [3.8, 4) is 0 Å². The summed E-state index contributed by atoms with van der Waals surface area (Å²) in [6.07, 6.45) is -0.0193. The molecule has 1 atom stereocenters. The van der Waals surface area contributed by atoms with Crippen molar-refractivity contribution in [2.45, 2.75) is 16.6 Å². The molecule has 1 aliphatic rings. The first-order valence-corrected chi connectivity index (χ1v) is 9.16. The van der Waals surface area contributed by atoms with Crippen molar-refractivity contribution < 1.29 is 18.8 Å². The zero-order valence-electron chi connectivity index (χ0n) is 14.6. The van der Waals surface area contributed by atoms with Crippen molar-refractivity contribution in [3.63, 3.8) is 0 Å². The average molecular weight is 387 g/mol. The maximum atomic E-state index is 13.2. The Kier molecular flexibility index (Phi) is 5.75. The topological polar surface area (TPSA) is 78.5 Å². The third-order valence-corrected chi connectivity index (χ3v) is 5.26.